The van der Waals surface area contributed by atoms with Crippen LogP contribution in [0.4, 0.5) is 0 Å². The molecule has 0 unspecified atom stereocenters. The fraction of sp³-hybridized carbons (Fsp3) is 0.0370. The van der Waals surface area contributed by atoms with Crippen LogP contribution in [0.1, 0.15) is 11.1 Å². The lowest BCUT2D eigenvalue weighted by molar-refractivity contribution is 0.0618. The molecule has 248 valence electrons. The maximum atomic E-state index is 5.69. The molecule has 0 aliphatic rings. The number of rotatable bonds is 8. The lowest BCUT2D eigenvalue weighted by atomic mass is 10.2. The van der Waals surface area contributed by atoms with Crippen LogP contribution in [0.3, 0.4) is 0 Å². The van der Waals surface area contributed by atoms with Crippen molar-refractivity contribution in [3.63, 3.8) is 0 Å². The van der Waals surface area contributed by atoms with Crippen molar-refractivity contribution >= 4 is 12.2 Å². The van der Waals surface area contributed by atoms with Crippen LogP contribution in [0.5, 0.6) is 0 Å². The van der Waals surface area contributed by atoms with Gasteiger partial charge in [-0.15, -0.1) is 0 Å². The predicted molar refractivity (Wildman–Crippen MR) is 211 cm³/mol. The summed E-state index contributed by atoms with van der Waals surface area (Å²) in [6.45, 7) is 3.87. The van der Waals surface area contributed by atoms with Crippen molar-refractivity contribution in [2.24, 2.45) is 0 Å². The van der Waals surface area contributed by atoms with E-state index in [9.17, 15) is 0 Å². The standard InChI is InChI=1S/C54H20O2/c1-2-3-4-5-6-7-8-9-10-11-12-13-14-15-16-17-18-19-20-21-22-23-24-25-26-27-28-29-30-31-32-33-40-49-54(55-50-41-47-52-43-36-34-37-44-52)56-51-42-48-53-45-38-35-39-46-53/h34-39,41-48H,1,50-51H2/b47-41+,48-42+. The first-order chi connectivity index (χ1) is 27.9. The quantitative estimate of drug-likeness (QED) is 0.202. The minimum absolute atomic E-state index is 0.147. The van der Waals surface area contributed by atoms with Gasteiger partial charge in [0, 0.05) is 97.4 Å². The largest absolute Gasteiger partial charge is 0.455 e. The number of hydrogen-bond donors (Lipinski definition) is 0. The van der Waals surface area contributed by atoms with Crippen molar-refractivity contribution in [2.45, 2.75) is 0 Å². The zero-order valence-corrected chi connectivity index (χ0v) is 29.5. The molecule has 2 aromatic carbocycles. The Bertz CT molecular complexity index is 3180. The van der Waals surface area contributed by atoms with Crippen molar-refractivity contribution in [2.75, 3.05) is 13.2 Å². The minimum Gasteiger partial charge on any atom is -0.455 e. The van der Waals surface area contributed by atoms with Crippen LogP contribution >= 0.6 is 0 Å². The summed E-state index contributed by atoms with van der Waals surface area (Å²) in [6, 6.07) is 19.8. The van der Waals surface area contributed by atoms with Gasteiger partial charge in [0.2, 0.25) is 0 Å². The molecule has 0 fully saturated rings. The van der Waals surface area contributed by atoms with Crippen LogP contribution in [-0.2, 0) is 9.47 Å². The van der Waals surface area contributed by atoms with E-state index in [2.05, 4.69) is 201 Å². The average molecular weight is 701 g/mol. The zero-order valence-electron chi connectivity index (χ0n) is 29.5. The van der Waals surface area contributed by atoms with E-state index in [1.165, 1.54) is 0 Å². The monoisotopic (exact) mass is 700 g/mol. The van der Waals surface area contributed by atoms with Gasteiger partial charge in [0.25, 0.3) is 0 Å². The Morgan fingerprint density at radius 3 is 0.875 bits per heavy atom. The van der Waals surface area contributed by atoms with Gasteiger partial charge in [-0.2, -0.15) is 0 Å². The van der Waals surface area contributed by atoms with Gasteiger partial charge in [0.15, 0.2) is 0 Å². The lowest BCUT2D eigenvalue weighted by Crippen LogP contribution is -1.97. The zero-order chi connectivity index (χ0) is 39.5. The summed E-state index contributed by atoms with van der Waals surface area (Å²) in [5, 5.41) is 0. The molecule has 2 aromatic rings. The molecule has 0 radical (unpaired) electrons. The van der Waals surface area contributed by atoms with E-state index in [4.69, 9.17) is 9.47 Å². The SMILES string of the molecule is C=C=C=C=C=C=C=C=C=C=C=C=C=C=C=C=C=C=C=C=C=C=C=C=C=C=C=C=C=C=C=C=C=C=C=C(OC/C=C/c1ccccc1)OC/C=C/c1ccccc1. The van der Waals surface area contributed by atoms with Gasteiger partial charge in [-0.05, 0) is 122 Å². The molecule has 0 aliphatic carbocycles. The maximum Gasteiger partial charge on any atom is 0.337 e. The maximum absolute atomic E-state index is 5.69. The molecule has 0 atom stereocenters. The molecule has 0 bridgehead atoms. The second-order valence-corrected chi connectivity index (χ2v) is 8.84. The molecule has 0 amide bonds. The number of benzene rings is 2. The molecule has 2 heteroatoms. The van der Waals surface area contributed by atoms with E-state index in [0.29, 0.717) is 0 Å². The highest BCUT2D eigenvalue weighted by Crippen LogP contribution is 2.04. The van der Waals surface area contributed by atoms with Crippen LogP contribution in [0, 0.1) is 0 Å². The first-order valence-corrected chi connectivity index (χ1v) is 15.7. The molecule has 56 heavy (non-hydrogen) atoms. The fourth-order valence-electron chi connectivity index (χ4n) is 2.92. The smallest absolute Gasteiger partial charge is 0.337 e. The molecular formula is C54H20O2. The summed E-state index contributed by atoms with van der Waals surface area (Å²) in [7, 11) is 0. The average Bonchev–Trinajstić information content (AvgIpc) is 3.23. The molecule has 0 heterocycles. The van der Waals surface area contributed by atoms with Crippen molar-refractivity contribution < 1.29 is 9.47 Å². The van der Waals surface area contributed by atoms with Crippen LogP contribution in [0.2, 0.25) is 0 Å². The molecule has 2 nitrogen and oxygen atoms in total. The number of ether oxygens (including phenoxy) is 2. The highest BCUT2D eigenvalue weighted by Gasteiger charge is 1.95. The molecule has 0 N–H and O–H groups in total. The van der Waals surface area contributed by atoms with E-state index in [1.807, 2.05) is 85.0 Å². The van der Waals surface area contributed by atoms with Gasteiger partial charge in [-0.25, -0.2) is 0 Å². The van der Waals surface area contributed by atoms with Crippen molar-refractivity contribution in [1.29, 1.82) is 0 Å². The van der Waals surface area contributed by atoms with E-state index >= 15 is 0 Å². The molecule has 0 spiro atoms. The molecule has 0 saturated heterocycles. The Kier molecular flexibility index (Phi) is 24.9. The normalized spacial score (nSPS) is 6.71. The van der Waals surface area contributed by atoms with Gasteiger partial charge >= 0.3 is 5.95 Å². The summed E-state index contributed by atoms with van der Waals surface area (Å²) >= 11 is 0. The Morgan fingerprint density at radius 2 is 0.607 bits per heavy atom. The fourth-order valence-corrected chi connectivity index (χ4v) is 2.92. The lowest BCUT2D eigenvalue weighted by Gasteiger charge is -2.05. The van der Waals surface area contributed by atoms with E-state index in [-0.39, 0.29) is 19.2 Å². The third-order valence-corrected chi connectivity index (χ3v) is 5.03. The van der Waals surface area contributed by atoms with E-state index in [0.717, 1.165) is 11.1 Å². The summed E-state index contributed by atoms with van der Waals surface area (Å²) in [4.78, 5) is 0. The van der Waals surface area contributed by atoms with Gasteiger partial charge in [-0.3, -0.25) is 0 Å². The van der Waals surface area contributed by atoms with Crippen molar-refractivity contribution in [3.8, 4) is 0 Å². The molecule has 0 aromatic heterocycles. The Hall–Kier alpha value is -10.2. The third-order valence-electron chi connectivity index (χ3n) is 5.03. The molecule has 0 saturated carbocycles. The van der Waals surface area contributed by atoms with Gasteiger partial charge in [-0.1, -0.05) is 78.5 Å². The second-order valence-electron chi connectivity index (χ2n) is 8.84. The number of hydrogen-bond acceptors (Lipinski definition) is 2. The Labute approximate surface area is 325 Å². The van der Waals surface area contributed by atoms with Crippen LogP contribution in [-0.4, -0.2) is 13.2 Å². The van der Waals surface area contributed by atoms with E-state index in [1.54, 1.807) is 0 Å². The molecule has 0 aliphatic heterocycles. The van der Waals surface area contributed by atoms with Gasteiger partial charge in [0.05, 0.1) is 0 Å². The molecular weight excluding hydrogens is 681 g/mol. The van der Waals surface area contributed by atoms with Gasteiger partial charge < -0.3 is 9.47 Å². The summed E-state index contributed by atoms with van der Waals surface area (Å²) in [5.41, 5.74) is 88.2. The Morgan fingerprint density at radius 1 is 0.357 bits per heavy atom. The first-order valence-electron chi connectivity index (χ1n) is 15.7. The predicted octanol–water partition coefficient (Wildman–Crippen LogP) is 10.2. The van der Waals surface area contributed by atoms with Crippen molar-refractivity contribution in [1.82, 2.24) is 0 Å². The summed E-state index contributed by atoms with van der Waals surface area (Å²) in [6.07, 6.45) is 7.66. The third kappa shape index (κ3) is 26.7. The van der Waals surface area contributed by atoms with Gasteiger partial charge in [0.1, 0.15) is 13.2 Å². The highest BCUT2D eigenvalue weighted by atomic mass is 16.7. The second kappa shape index (κ2) is 33.3. The summed E-state index contributed by atoms with van der Waals surface area (Å²) < 4.78 is 11.4. The topological polar surface area (TPSA) is 18.5 Å². The highest BCUT2D eigenvalue weighted by molar-refractivity contribution is 5.49. The first kappa shape index (κ1) is 41.9. The summed E-state index contributed by atoms with van der Waals surface area (Å²) in [5.74, 6) is 0.147. The van der Waals surface area contributed by atoms with Crippen LogP contribution < -0.4 is 0 Å². The van der Waals surface area contributed by atoms with E-state index < -0.39 is 0 Å². The Balaban J connectivity index is 2.23. The molecule has 2 rings (SSSR count). The van der Waals surface area contributed by atoms with Crippen LogP contribution in [0.15, 0.2) is 280 Å². The van der Waals surface area contributed by atoms with Crippen molar-refractivity contribution in [3.05, 3.63) is 291 Å². The minimum atomic E-state index is 0.147. The van der Waals surface area contributed by atoms with Crippen LogP contribution in [0.25, 0.3) is 12.2 Å².